The second-order valence-corrected chi connectivity index (χ2v) is 3.37. The molecule has 0 aromatic heterocycles. The molecule has 70 valence electrons. The third-order valence-corrected chi connectivity index (χ3v) is 1.75. The van der Waals surface area contributed by atoms with Crippen molar-refractivity contribution in [3.05, 3.63) is 41.2 Å². The maximum absolute atomic E-state index is 13.1. The summed E-state index contributed by atoms with van der Waals surface area (Å²) in [6, 6.07) is 4.54. The molecule has 0 unspecified atom stereocenters. The van der Waals surface area contributed by atoms with Crippen LogP contribution in [0.2, 0.25) is 5.02 Å². The van der Waals surface area contributed by atoms with Crippen molar-refractivity contribution < 1.29 is 4.39 Å². The SMILES string of the molecule is C=C(C)CNc1ccc(Cl)cc1F. The van der Waals surface area contributed by atoms with Gasteiger partial charge in [0.05, 0.1) is 5.69 Å². The minimum atomic E-state index is -0.339. The summed E-state index contributed by atoms with van der Waals surface area (Å²) in [6.45, 7) is 6.15. The van der Waals surface area contributed by atoms with Gasteiger partial charge < -0.3 is 5.32 Å². The van der Waals surface area contributed by atoms with Gasteiger partial charge in [0.1, 0.15) is 5.82 Å². The normalized spacial score (nSPS) is 9.77. The highest BCUT2D eigenvalue weighted by atomic mass is 35.5. The highest BCUT2D eigenvalue weighted by Crippen LogP contribution is 2.18. The highest BCUT2D eigenvalue weighted by molar-refractivity contribution is 6.30. The predicted molar refractivity (Wildman–Crippen MR) is 54.7 cm³/mol. The van der Waals surface area contributed by atoms with Gasteiger partial charge in [0, 0.05) is 11.6 Å². The first-order valence-corrected chi connectivity index (χ1v) is 4.30. The quantitative estimate of drug-likeness (QED) is 0.736. The van der Waals surface area contributed by atoms with Crippen molar-refractivity contribution in [2.24, 2.45) is 0 Å². The molecule has 13 heavy (non-hydrogen) atoms. The number of benzene rings is 1. The topological polar surface area (TPSA) is 12.0 Å². The minimum Gasteiger partial charge on any atom is -0.379 e. The lowest BCUT2D eigenvalue weighted by Gasteiger charge is -2.06. The Labute approximate surface area is 82.2 Å². The van der Waals surface area contributed by atoms with Crippen molar-refractivity contribution in [1.29, 1.82) is 0 Å². The summed E-state index contributed by atoms with van der Waals surface area (Å²) in [7, 11) is 0. The molecule has 0 saturated heterocycles. The zero-order valence-electron chi connectivity index (χ0n) is 7.40. The third-order valence-electron chi connectivity index (χ3n) is 1.51. The van der Waals surface area contributed by atoms with Gasteiger partial charge in [-0.3, -0.25) is 0 Å². The van der Waals surface area contributed by atoms with Crippen molar-refractivity contribution in [2.45, 2.75) is 6.92 Å². The smallest absolute Gasteiger partial charge is 0.147 e. The molecule has 3 heteroatoms. The lowest BCUT2D eigenvalue weighted by molar-refractivity contribution is 0.631. The van der Waals surface area contributed by atoms with Crippen LogP contribution in [0.5, 0.6) is 0 Å². The van der Waals surface area contributed by atoms with Gasteiger partial charge in [0.25, 0.3) is 0 Å². The van der Waals surface area contributed by atoms with E-state index in [1.807, 2.05) is 6.92 Å². The van der Waals surface area contributed by atoms with Crippen molar-refractivity contribution in [1.82, 2.24) is 0 Å². The Morgan fingerprint density at radius 1 is 1.62 bits per heavy atom. The van der Waals surface area contributed by atoms with E-state index in [1.165, 1.54) is 6.07 Å². The van der Waals surface area contributed by atoms with E-state index in [1.54, 1.807) is 12.1 Å². The second kappa shape index (κ2) is 4.28. The molecule has 1 N–H and O–H groups in total. The molecule has 0 saturated carbocycles. The van der Waals surface area contributed by atoms with Crippen molar-refractivity contribution in [3.8, 4) is 0 Å². The van der Waals surface area contributed by atoms with Crippen LogP contribution in [-0.2, 0) is 0 Å². The molecule has 0 aliphatic heterocycles. The molecule has 1 aromatic carbocycles. The van der Waals surface area contributed by atoms with Crippen LogP contribution in [0.15, 0.2) is 30.4 Å². The lowest BCUT2D eigenvalue weighted by Crippen LogP contribution is -2.03. The third kappa shape index (κ3) is 3.07. The molecule has 0 amide bonds. The average Bonchev–Trinajstić information content (AvgIpc) is 2.02. The zero-order valence-corrected chi connectivity index (χ0v) is 8.16. The van der Waals surface area contributed by atoms with Crippen molar-refractivity contribution in [3.63, 3.8) is 0 Å². The molecule has 0 heterocycles. The van der Waals surface area contributed by atoms with Gasteiger partial charge in [0.2, 0.25) is 0 Å². The molecule has 0 bridgehead atoms. The van der Waals surface area contributed by atoms with Gasteiger partial charge in [-0.2, -0.15) is 0 Å². The fourth-order valence-electron chi connectivity index (χ4n) is 0.879. The molecular formula is C10H11ClFN. The van der Waals surface area contributed by atoms with E-state index < -0.39 is 0 Å². The molecule has 1 aromatic rings. The van der Waals surface area contributed by atoms with Crippen LogP contribution >= 0.6 is 11.6 Å². The van der Waals surface area contributed by atoms with Gasteiger partial charge in [0.15, 0.2) is 0 Å². The Morgan fingerprint density at radius 3 is 2.85 bits per heavy atom. The van der Waals surface area contributed by atoms with Crippen LogP contribution < -0.4 is 5.32 Å². The molecule has 1 nitrogen and oxygen atoms in total. The average molecular weight is 200 g/mol. The highest BCUT2D eigenvalue weighted by Gasteiger charge is 2.00. The Hall–Kier alpha value is -1.02. The summed E-state index contributed by atoms with van der Waals surface area (Å²) in [5.74, 6) is -0.339. The molecule has 0 atom stereocenters. The summed E-state index contributed by atoms with van der Waals surface area (Å²) in [4.78, 5) is 0. The van der Waals surface area contributed by atoms with E-state index in [2.05, 4.69) is 11.9 Å². The maximum Gasteiger partial charge on any atom is 0.147 e. The number of hydrogen-bond acceptors (Lipinski definition) is 1. The molecule has 0 spiro atoms. The van der Waals surface area contributed by atoms with E-state index in [0.717, 1.165) is 5.57 Å². The molecule has 0 aliphatic rings. The maximum atomic E-state index is 13.1. The van der Waals surface area contributed by atoms with Gasteiger partial charge >= 0.3 is 0 Å². The summed E-state index contributed by atoms with van der Waals surface area (Å²) >= 11 is 5.59. The zero-order chi connectivity index (χ0) is 9.84. The van der Waals surface area contributed by atoms with Crippen molar-refractivity contribution in [2.75, 3.05) is 11.9 Å². The number of halogens is 2. The van der Waals surface area contributed by atoms with Gasteiger partial charge in [-0.15, -0.1) is 0 Å². The first-order chi connectivity index (χ1) is 6.09. The Kier molecular flexibility index (Phi) is 3.32. The largest absolute Gasteiger partial charge is 0.379 e. The number of hydrogen-bond donors (Lipinski definition) is 1. The first kappa shape index (κ1) is 10.1. The monoisotopic (exact) mass is 199 g/mol. The standard InChI is InChI=1S/C10H11ClFN/c1-7(2)6-13-10-4-3-8(11)5-9(10)12/h3-5,13H,1,6H2,2H3. The van der Waals surface area contributed by atoms with E-state index in [4.69, 9.17) is 11.6 Å². The summed E-state index contributed by atoms with van der Waals surface area (Å²) < 4.78 is 13.1. The van der Waals surface area contributed by atoms with Gasteiger partial charge in [-0.25, -0.2) is 4.39 Å². The van der Waals surface area contributed by atoms with E-state index in [9.17, 15) is 4.39 Å². The van der Waals surface area contributed by atoms with Gasteiger partial charge in [-0.05, 0) is 25.1 Å². The molecule has 0 aliphatic carbocycles. The van der Waals surface area contributed by atoms with Crippen LogP contribution in [0.4, 0.5) is 10.1 Å². The summed E-state index contributed by atoms with van der Waals surface area (Å²) in [5, 5.41) is 3.31. The fourth-order valence-corrected chi connectivity index (χ4v) is 1.04. The Morgan fingerprint density at radius 2 is 2.31 bits per heavy atom. The van der Waals surface area contributed by atoms with Gasteiger partial charge in [-0.1, -0.05) is 23.8 Å². The van der Waals surface area contributed by atoms with Crippen LogP contribution in [-0.4, -0.2) is 6.54 Å². The van der Waals surface area contributed by atoms with E-state index in [-0.39, 0.29) is 5.82 Å². The Bertz CT molecular complexity index is 323. The summed E-state index contributed by atoms with van der Waals surface area (Å²) in [5.41, 5.74) is 1.40. The van der Waals surface area contributed by atoms with Crippen molar-refractivity contribution >= 4 is 17.3 Å². The summed E-state index contributed by atoms with van der Waals surface area (Å²) in [6.07, 6.45) is 0. The van der Waals surface area contributed by atoms with Crippen LogP contribution in [0, 0.1) is 5.82 Å². The molecule has 0 radical (unpaired) electrons. The number of rotatable bonds is 3. The minimum absolute atomic E-state index is 0.339. The van der Waals surface area contributed by atoms with E-state index in [0.29, 0.717) is 17.3 Å². The number of nitrogens with one attached hydrogen (secondary N) is 1. The second-order valence-electron chi connectivity index (χ2n) is 2.93. The molecular weight excluding hydrogens is 189 g/mol. The van der Waals surface area contributed by atoms with E-state index >= 15 is 0 Å². The van der Waals surface area contributed by atoms with Crippen LogP contribution in [0.3, 0.4) is 0 Å². The lowest BCUT2D eigenvalue weighted by atomic mass is 10.3. The number of anilines is 1. The molecule has 1 rings (SSSR count). The fraction of sp³-hybridized carbons (Fsp3) is 0.200. The predicted octanol–water partition coefficient (Wildman–Crippen LogP) is 3.47. The van der Waals surface area contributed by atoms with Crippen LogP contribution in [0.1, 0.15) is 6.92 Å². The molecule has 0 fully saturated rings. The van der Waals surface area contributed by atoms with Crippen LogP contribution in [0.25, 0.3) is 0 Å². The first-order valence-electron chi connectivity index (χ1n) is 3.93. The Balaban J connectivity index is 2.72.